The van der Waals surface area contributed by atoms with E-state index < -0.39 is 11.7 Å². The quantitative estimate of drug-likeness (QED) is 0.368. The van der Waals surface area contributed by atoms with E-state index in [0.29, 0.717) is 39.3 Å². The molecule has 3 aromatic rings. The monoisotopic (exact) mass is 527 g/mol. The molecule has 1 aliphatic rings. The molecule has 0 aromatic heterocycles. The molecule has 1 heterocycles. The molecule has 1 N–H and O–H groups in total. The van der Waals surface area contributed by atoms with E-state index in [1.165, 1.54) is 48.2 Å². The molecule has 0 aliphatic carbocycles. The predicted octanol–water partition coefficient (Wildman–Crippen LogP) is 6.26. The van der Waals surface area contributed by atoms with Gasteiger partial charge in [0.15, 0.2) is 11.8 Å². The minimum Gasteiger partial charge on any atom is -0.482 e. The standard InChI is InChI=1S/C26H20ClF2N3O3S/c1-2-32-25(34)23(36-26(32)31-20-10-6-18(29)7-11-20)14-16-3-12-22(21(27)13-16)35-15-24(33)30-19-8-4-17(28)5-9-19/h3-14H,2,15H2,1H3,(H,30,33)/b23-14+,31-26?. The molecule has 3 aromatic carbocycles. The fraction of sp³-hybridized carbons (Fsp3) is 0.115. The summed E-state index contributed by atoms with van der Waals surface area (Å²) in [4.78, 5) is 31.4. The minimum absolute atomic E-state index is 0.197. The summed E-state index contributed by atoms with van der Waals surface area (Å²) in [6, 6.07) is 16.0. The van der Waals surface area contributed by atoms with Gasteiger partial charge in [-0.05, 0) is 91.0 Å². The average molecular weight is 528 g/mol. The number of halogens is 3. The summed E-state index contributed by atoms with van der Waals surface area (Å²) in [5.74, 6) is -1.09. The summed E-state index contributed by atoms with van der Waals surface area (Å²) in [6.45, 7) is 1.98. The molecule has 2 amide bonds. The minimum atomic E-state index is -0.426. The van der Waals surface area contributed by atoms with Crippen LogP contribution >= 0.6 is 23.4 Å². The third-order valence-corrected chi connectivity index (χ3v) is 6.30. The molecule has 4 rings (SSSR count). The first-order chi connectivity index (χ1) is 17.3. The number of benzene rings is 3. The van der Waals surface area contributed by atoms with Crippen molar-refractivity contribution in [3.63, 3.8) is 0 Å². The van der Waals surface area contributed by atoms with Crippen LogP contribution in [0.5, 0.6) is 5.75 Å². The van der Waals surface area contributed by atoms with Crippen LogP contribution in [0, 0.1) is 11.6 Å². The summed E-state index contributed by atoms with van der Waals surface area (Å²) in [5, 5.41) is 3.36. The first-order valence-electron chi connectivity index (χ1n) is 10.9. The molecule has 1 aliphatic heterocycles. The highest BCUT2D eigenvalue weighted by Crippen LogP contribution is 2.35. The fourth-order valence-electron chi connectivity index (χ4n) is 3.25. The molecule has 1 saturated heterocycles. The SMILES string of the molecule is CCN1C(=O)/C(=C\c2ccc(OCC(=O)Nc3ccc(F)cc3)c(Cl)c2)SC1=Nc1ccc(F)cc1. The normalized spacial score (nSPS) is 15.6. The third kappa shape index (κ3) is 6.30. The van der Waals surface area contributed by atoms with Crippen molar-refractivity contribution in [2.24, 2.45) is 4.99 Å². The Hall–Kier alpha value is -3.69. The summed E-state index contributed by atoms with van der Waals surface area (Å²) in [6.07, 6.45) is 1.69. The molecule has 1 fully saturated rings. The van der Waals surface area contributed by atoms with Crippen molar-refractivity contribution in [3.8, 4) is 5.75 Å². The van der Waals surface area contributed by atoms with Crippen LogP contribution in [-0.4, -0.2) is 35.0 Å². The number of likely N-dealkylation sites (N-methyl/N-ethyl adjacent to an activating group) is 1. The zero-order chi connectivity index (χ0) is 25.7. The summed E-state index contributed by atoms with van der Waals surface area (Å²) in [7, 11) is 0. The lowest BCUT2D eigenvalue weighted by atomic mass is 10.2. The highest BCUT2D eigenvalue weighted by atomic mass is 35.5. The van der Waals surface area contributed by atoms with Crippen molar-refractivity contribution in [2.45, 2.75) is 6.92 Å². The first kappa shape index (κ1) is 25.4. The van der Waals surface area contributed by atoms with Crippen molar-refractivity contribution in [1.82, 2.24) is 4.90 Å². The van der Waals surface area contributed by atoms with E-state index in [1.807, 2.05) is 6.92 Å². The lowest BCUT2D eigenvalue weighted by Crippen LogP contribution is -2.28. The lowest BCUT2D eigenvalue weighted by Gasteiger charge is -2.12. The van der Waals surface area contributed by atoms with Gasteiger partial charge >= 0.3 is 0 Å². The summed E-state index contributed by atoms with van der Waals surface area (Å²) < 4.78 is 31.7. The summed E-state index contributed by atoms with van der Waals surface area (Å²) >= 11 is 7.55. The Morgan fingerprint density at radius 2 is 1.75 bits per heavy atom. The second-order valence-electron chi connectivity index (χ2n) is 7.56. The van der Waals surface area contributed by atoms with Gasteiger partial charge in [0, 0.05) is 12.2 Å². The Balaban J connectivity index is 1.43. The number of rotatable bonds is 7. The van der Waals surface area contributed by atoms with Crippen LogP contribution in [0.4, 0.5) is 20.2 Å². The van der Waals surface area contributed by atoms with Gasteiger partial charge in [0.25, 0.3) is 11.8 Å². The van der Waals surface area contributed by atoms with Gasteiger partial charge < -0.3 is 10.1 Å². The van der Waals surface area contributed by atoms with Crippen molar-refractivity contribution in [1.29, 1.82) is 0 Å². The van der Waals surface area contributed by atoms with Crippen LogP contribution in [0.15, 0.2) is 76.6 Å². The maximum absolute atomic E-state index is 13.2. The molecule has 0 bridgehead atoms. The topological polar surface area (TPSA) is 71.0 Å². The molecule has 0 saturated carbocycles. The highest BCUT2D eigenvalue weighted by Gasteiger charge is 2.32. The predicted molar refractivity (Wildman–Crippen MR) is 138 cm³/mol. The Bertz CT molecular complexity index is 1350. The second-order valence-corrected chi connectivity index (χ2v) is 8.98. The van der Waals surface area contributed by atoms with Crippen LogP contribution in [0.3, 0.4) is 0 Å². The van der Waals surface area contributed by atoms with Gasteiger partial charge in [-0.2, -0.15) is 0 Å². The molecule has 0 spiro atoms. The van der Waals surface area contributed by atoms with Crippen molar-refractivity contribution in [3.05, 3.63) is 93.9 Å². The smallest absolute Gasteiger partial charge is 0.266 e. The van der Waals surface area contributed by atoms with Crippen molar-refractivity contribution in [2.75, 3.05) is 18.5 Å². The van der Waals surface area contributed by atoms with E-state index in [4.69, 9.17) is 16.3 Å². The molecule has 6 nitrogen and oxygen atoms in total. The lowest BCUT2D eigenvalue weighted by molar-refractivity contribution is -0.122. The van der Waals surface area contributed by atoms with E-state index in [1.54, 1.807) is 41.3 Å². The zero-order valence-electron chi connectivity index (χ0n) is 19.0. The number of amides is 2. The van der Waals surface area contributed by atoms with Crippen LogP contribution in [-0.2, 0) is 9.59 Å². The third-order valence-electron chi connectivity index (χ3n) is 5.00. The van der Waals surface area contributed by atoms with Crippen molar-refractivity contribution >= 4 is 57.8 Å². The van der Waals surface area contributed by atoms with Gasteiger partial charge in [-0.15, -0.1) is 0 Å². The van der Waals surface area contributed by atoms with E-state index in [9.17, 15) is 18.4 Å². The molecular formula is C26H20ClF2N3O3S. The number of thioether (sulfide) groups is 1. The maximum Gasteiger partial charge on any atom is 0.266 e. The van der Waals surface area contributed by atoms with E-state index in [-0.39, 0.29) is 23.4 Å². The number of aliphatic imine (C=N–C) groups is 1. The number of hydrogen-bond donors (Lipinski definition) is 1. The van der Waals surface area contributed by atoms with Gasteiger partial charge in [0.05, 0.1) is 15.6 Å². The van der Waals surface area contributed by atoms with Gasteiger partial charge in [0.2, 0.25) is 0 Å². The number of carbonyl (C=O) groups excluding carboxylic acids is 2. The Labute approximate surface area is 215 Å². The number of hydrogen-bond acceptors (Lipinski definition) is 5. The molecule has 0 unspecified atom stereocenters. The number of nitrogens with zero attached hydrogens (tertiary/aromatic N) is 2. The largest absolute Gasteiger partial charge is 0.482 e. The van der Waals surface area contributed by atoms with Gasteiger partial charge in [0.1, 0.15) is 17.4 Å². The Kier molecular flexibility index (Phi) is 8.02. The number of nitrogens with one attached hydrogen (secondary N) is 1. The summed E-state index contributed by atoms with van der Waals surface area (Å²) in [5.41, 5.74) is 1.65. The Morgan fingerprint density at radius 3 is 2.39 bits per heavy atom. The number of anilines is 1. The fourth-order valence-corrected chi connectivity index (χ4v) is 4.55. The first-order valence-corrected chi connectivity index (χ1v) is 12.1. The molecule has 36 heavy (non-hydrogen) atoms. The van der Waals surface area contributed by atoms with Gasteiger partial charge in [-0.1, -0.05) is 17.7 Å². The van der Waals surface area contributed by atoms with Crippen LogP contribution in [0.2, 0.25) is 5.02 Å². The maximum atomic E-state index is 13.2. The second kappa shape index (κ2) is 11.4. The van der Waals surface area contributed by atoms with E-state index in [2.05, 4.69) is 10.3 Å². The average Bonchev–Trinajstić information content (AvgIpc) is 3.15. The zero-order valence-corrected chi connectivity index (χ0v) is 20.6. The number of ether oxygens (including phenoxy) is 1. The Morgan fingerprint density at radius 1 is 1.08 bits per heavy atom. The van der Waals surface area contributed by atoms with Crippen molar-refractivity contribution < 1.29 is 23.1 Å². The molecule has 0 radical (unpaired) electrons. The van der Waals surface area contributed by atoms with Crippen LogP contribution in [0.1, 0.15) is 12.5 Å². The number of carbonyl (C=O) groups is 2. The highest BCUT2D eigenvalue weighted by molar-refractivity contribution is 8.18. The van der Waals surface area contributed by atoms with Crippen LogP contribution in [0.25, 0.3) is 6.08 Å². The molecule has 0 atom stereocenters. The van der Waals surface area contributed by atoms with Crippen LogP contribution < -0.4 is 10.1 Å². The van der Waals surface area contributed by atoms with Gasteiger partial charge in [-0.25, -0.2) is 13.8 Å². The van der Waals surface area contributed by atoms with Gasteiger partial charge in [-0.3, -0.25) is 14.5 Å². The van der Waals surface area contributed by atoms with E-state index in [0.717, 1.165) is 0 Å². The van der Waals surface area contributed by atoms with E-state index >= 15 is 0 Å². The molecule has 10 heteroatoms. The molecular weight excluding hydrogens is 508 g/mol. The molecule has 184 valence electrons. The number of amidine groups is 1.